The van der Waals surface area contributed by atoms with Crippen LogP contribution in [0, 0.1) is 20.8 Å². The molecule has 8 nitrogen and oxygen atoms in total. The lowest BCUT2D eigenvalue weighted by Gasteiger charge is -2.18. The average molecular weight is 459 g/mol. The number of rotatable bonds is 9. The van der Waals surface area contributed by atoms with Crippen LogP contribution in [0.15, 0.2) is 29.3 Å². The van der Waals surface area contributed by atoms with Crippen LogP contribution < -0.4 is 10.6 Å². The van der Waals surface area contributed by atoms with Crippen molar-refractivity contribution in [2.75, 3.05) is 38.4 Å². The maximum atomic E-state index is 12.3. The predicted octanol–water partition coefficient (Wildman–Crippen LogP) is 2.47. The Balaban J connectivity index is 1.89. The smallest absolute Gasteiger partial charge is 0.316 e. The molecule has 1 aromatic carbocycles. The zero-order valence-electron chi connectivity index (χ0n) is 19.4. The first-order chi connectivity index (χ1) is 15.0. The number of primary amides is 1. The number of aryl methyl sites for hydroxylation is 1. The number of carbonyl (C=O) groups excluding carboxylic acids is 3. The molecule has 1 heterocycles. The second-order valence-corrected chi connectivity index (χ2v) is 8.72. The molecule has 0 unspecified atom stereocenters. The van der Waals surface area contributed by atoms with Crippen molar-refractivity contribution in [1.82, 2.24) is 9.88 Å². The van der Waals surface area contributed by atoms with E-state index in [-0.39, 0.29) is 18.3 Å². The minimum absolute atomic E-state index is 0.0851. The predicted molar refractivity (Wildman–Crippen MR) is 126 cm³/mol. The quantitative estimate of drug-likeness (QED) is 0.454. The molecule has 2 aromatic rings. The fraction of sp³-hybridized carbons (Fsp3) is 0.391. The SMILES string of the molecule is Cc1nc(SCC(=O)OCC(=O)N(C)Cc2ccc(N(C)C)cc2)c(C(N)=O)c(C)c1C. The highest BCUT2D eigenvalue weighted by molar-refractivity contribution is 8.00. The van der Waals surface area contributed by atoms with Gasteiger partial charge in [-0.1, -0.05) is 23.9 Å². The second-order valence-electron chi connectivity index (χ2n) is 7.75. The zero-order valence-corrected chi connectivity index (χ0v) is 20.2. The standard InChI is InChI=1S/C23H30N4O4S/c1-14-15(2)21(22(24)30)23(25-16(14)3)32-13-20(29)31-12-19(28)27(6)11-17-7-9-18(10-8-17)26(4)5/h7-10H,11-13H2,1-6H3,(H2,24,30). The Kier molecular flexibility index (Phi) is 8.65. The van der Waals surface area contributed by atoms with Gasteiger partial charge in [0.15, 0.2) is 6.61 Å². The molecule has 2 amide bonds. The Morgan fingerprint density at radius 2 is 1.66 bits per heavy atom. The van der Waals surface area contributed by atoms with Crippen molar-refractivity contribution >= 4 is 35.2 Å². The number of carbonyl (C=O) groups is 3. The van der Waals surface area contributed by atoms with E-state index in [1.165, 1.54) is 4.90 Å². The van der Waals surface area contributed by atoms with Crippen LogP contribution in [0.5, 0.6) is 0 Å². The van der Waals surface area contributed by atoms with Gasteiger partial charge in [-0.15, -0.1) is 0 Å². The first-order valence-electron chi connectivity index (χ1n) is 10.1. The number of pyridine rings is 1. The Morgan fingerprint density at radius 3 is 2.22 bits per heavy atom. The summed E-state index contributed by atoms with van der Waals surface area (Å²) in [6, 6.07) is 7.87. The number of esters is 1. The summed E-state index contributed by atoms with van der Waals surface area (Å²) in [5.41, 5.74) is 10.2. The molecular formula is C23H30N4O4S. The number of amides is 2. The highest BCUT2D eigenvalue weighted by atomic mass is 32.2. The summed E-state index contributed by atoms with van der Waals surface area (Å²) in [5.74, 6) is -1.55. The monoisotopic (exact) mass is 458 g/mol. The van der Waals surface area contributed by atoms with Gasteiger partial charge in [-0.25, -0.2) is 4.98 Å². The van der Waals surface area contributed by atoms with Crippen LogP contribution in [-0.4, -0.2) is 61.2 Å². The van der Waals surface area contributed by atoms with E-state index in [0.717, 1.165) is 39.8 Å². The molecule has 0 bridgehead atoms. The molecule has 32 heavy (non-hydrogen) atoms. The fourth-order valence-electron chi connectivity index (χ4n) is 2.99. The number of hydrogen-bond acceptors (Lipinski definition) is 7. The van der Waals surface area contributed by atoms with Crippen molar-refractivity contribution in [3.63, 3.8) is 0 Å². The van der Waals surface area contributed by atoms with Gasteiger partial charge in [-0.2, -0.15) is 0 Å². The Hall–Kier alpha value is -3.07. The summed E-state index contributed by atoms with van der Waals surface area (Å²) in [7, 11) is 5.58. The van der Waals surface area contributed by atoms with Crippen LogP contribution in [-0.2, 0) is 20.9 Å². The first kappa shape index (κ1) is 25.2. The van der Waals surface area contributed by atoms with Gasteiger partial charge in [-0.05, 0) is 49.6 Å². The minimum Gasteiger partial charge on any atom is -0.455 e. The van der Waals surface area contributed by atoms with Gasteiger partial charge in [0, 0.05) is 39.1 Å². The van der Waals surface area contributed by atoms with Gasteiger partial charge in [0.1, 0.15) is 5.03 Å². The molecule has 0 radical (unpaired) electrons. The summed E-state index contributed by atoms with van der Waals surface area (Å²) >= 11 is 1.07. The molecule has 2 N–H and O–H groups in total. The third kappa shape index (κ3) is 6.46. The molecule has 0 aliphatic rings. The van der Waals surface area contributed by atoms with Gasteiger partial charge < -0.3 is 20.3 Å². The summed E-state index contributed by atoms with van der Waals surface area (Å²) < 4.78 is 5.12. The van der Waals surface area contributed by atoms with Crippen LogP contribution in [0.3, 0.4) is 0 Å². The largest absolute Gasteiger partial charge is 0.455 e. The summed E-state index contributed by atoms with van der Waals surface area (Å²) in [6.07, 6.45) is 0. The molecule has 0 saturated carbocycles. The molecule has 2 rings (SSSR count). The number of ether oxygens (including phenoxy) is 1. The van der Waals surface area contributed by atoms with Crippen molar-refractivity contribution in [3.05, 3.63) is 52.2 Å². The van der Waals surface area contributed by atoms with E-state index >= 15 is 0 Å². The number of likely N-dealkylation sites (N-methyl/N-ethyl adjacent to an activating group) is 1. The van der Waals surface area contributed by atoms with E-state index in [4.69, 9.17) is 10.5 Å². The third-order valence-electron chi connectivity index (χ3n) is 5.19. The minimum atomic E-state index is -0.593. The van der Waals surface area contributed by atoms with E-state index < -0.39 is 11.9 Å². The second kappa shape index (κ2) is 11.0. The molecule has 0 aliphatic heterocycles. The van der Waals surface area contributed by atoms with Gasteiger partial charge in [0.2, 0.25) is 0 Å². The van der Waals surface area contributed by atoms with Gasteiger partial charge in [-0.3, -0.25) is 14.4 Å². The molecule has 1 aromatic heterocycles. The van der Waals surface area contributed by atoms with E-state index in [2.05, 4.69) is 4.98 Å². The highest BCUT2D eigenvalue weighted by Gasteiger charge is 2.19. The number of aromatic nitrogens is 1. The summed E-state index contributed by atoms with van der Waals surface area (Å²) in [6.45, 7) is 5.55. The number of hydrogen-bond donors (Lipinski definition) is 1. The molecular weight excluding hydrogens is 428 g/mol. The highest BCUT2D eigenvalue weighted by Crippen LogP contribution is 2.26. The van der Waals surface area contributed by atoms with Gasteiger partial charge in [0.05, 0.1) is 11.3 Å². The normalized spacial score (nSPS) is 10.6. The van der Waals surface area contributed by atoms with Crippen molar-refractivity contribution in [3.8, 4) is 0 Å². The number of benzene rings is 1. The molecule has 0 atom stereocenters. The molecule has 9 heteroatoms. The Bertz CT molecular complexity index is 1010. The van der Waals surface area contributed by atoms with Crippen LogP contribution in [0.1, 0.15) is 32.7 Å². The number of nitrogens with zero attached hydrogens (tertiary/aromatic N) is 3. The van der Waals surface area contributed by atoms with E-state index in [9.17, 15) is 14.4 Å². The first-order valence-corrected chi connectivity index (χ1v) is 11.1. The molecule has 0 fully saturated rings. The van der Waals surface area contributed by atoms with E-state index in [1.807, 2.05) is 57.1 Å². The number of anilines is 1. The van der Waals surface area contributed by atoms with Crippen molar-refractivity contribution in [1.29, 1.82) is 0 Å². The summed E-state index contributed by atoms with van der Waals surface area (Å²) in [5, 5.41) is 0.389. The van der Waals surface area contributed by atoms with Crippen molar-refractivity contribution < 1.29 is 19.1 Å². The van der Waals surface area contributed by atoms with Gasteiger partial charge >= 0.3 is 5.97 Å². The molecule has 0 saturated heterocycles. The van der Waals surface area contributed by atoms with E-state index in [0.29, 0.717) is 17.1 Å². The lowest BCUT2D eigenvalue weighted by molar-refractivity contribution is -0.149. The maximum absolute atomic E-state index is 12.3. The van der Waals surface area contributed by atoms with Crippen molar-refractivity contribution in [2.45, 2.75) is 32.3 Å². The van der Waals surface area contributed by atoms with Crippen molar-refractivity contribution in [2.24, 2.45) is 5.73 Å². The number of thioether (sulfide) groups is 1. The molecule has 0 spiro atoms. The zero-order chi connectivity index (χ0) is 24.0. The van der Waals surface area contributed by atoms with Crippen LogP contribution in [0.4, 0.5) is 5.69 Å². The average Bonchev–Trinajstić information content (AvgIpc) is 2.74. The van der Waals surface area contributed by atoms with Gasteiger partial charge in [0.25, 0.3) is 11.8 Å². The molecule has 172 valence electrons. The lowest BCUT2D eigenvalue weighted by atomic mass is 10.0. The third-order valence-corrected chi connectivity index (χ3v) is 6.14. The number of nitrogens with two attached hydrogens (primary N) is 1. The lowest BCUT2D eigenvalue weighted by Crippen LogP contribution is -2.31. The maximum Gasteiger partial charge on any atom is 0.316 e. The van der Waals surface area contributed by atoms with E-state index in [1.54, 1.807) is 14.0 Å². The fourth-order valence-corrected chi connectivity index (χ4v) is 3.93. The van der Waals surface area contributed by atoms with Crippen LogP contribution in [0.2, 0.25) is 0 Å². The van der Waals surface area contributed by atoms with Crippen LogP contribution in [0.25, 0.3) is 0 Å². The topological polar surface area (TPSA) is 106 Å². The Labute approximate surface area is 193 Å². The molecule has 0 aliphatic carbocycles. The summed E-state index contributed by atoms with van der Waals surface area (Å²) in [4.78, 5) is 44.2. The van der Waals surface area contributed by atoms with Crippen LogP contribution >= 0.6 is 11.8 Å². The Morgan fingerprint density at radius 1 is 1.03 bits per heavy atom.